The third-order valence-corrected chi connectivity index (χ3v) is 11.8. The molecule has 3 heterocycles. The molecule has 0 bridgehead atoms. The molecule has 0 aliphatic rings. The van der Waals surface area contributed by atoms with Gasteiger partial charge in [-0.15, -0.1) is 35.1 Å². The number of nitrogens with one attached hydrogen (secondary N) is 1. The second kappa shape index (κ2) is 9.43. The van der Waals surface area contributed by atoms with Crippen molar-refractivity contribution in [3.05, 3.63) is 53.2 Å². The minimum atomic E-state index is -4.41. The number of thiazole rings is 1. The van der Waals surface area contributed by atoms with Crippen molar-refractivity contribution in [3.8, 4) is 0 Å². The van der Waals surface area contributed by atoms with E-state index in [1.807, 2.05) is 0 Å². The molecule has 0 radical (unpaired) electrons. The van der Waals surface area contributed by atoms with Crippen LogP contribution in [0, 0.1) is 0 Å². The number of fused-ring (bicyclic) bond motifs is 1. The summed E-state index contributed by atoms with van der Waals surface area (Å²) < 4.78 is 54.1. The zero-order chi connectivity index (χ0) is 22.2. The number of aromatic nitrogens is 1. The van der Waals surface area contributed by atoms with Crippen LogP contribution < -0.4 is 14.8 Å². The molecule has 3 N–H and O–H groups in total. The fourth-order valence-corrected chi connectivity index (χ4v) is 9.62. The molecular weight excluding hydrogens is 536 g/mol. The molecule has 170 valence electrons. The Labute approximate surface area is 202 Å². The summed E-state index contributed by atoms with van der Waals surface area (Å²) in [5.74, 6) is -0.429. The average molecular weight is 551 g/mol. The summed E-state index contributed by atoms with van der Waals surface area (Å²) in [7, 11) is -8.82. The maximum Gasteiger partial charge on any atom is 0.287 e. The van der Waals surface area contributed by atoms with E-state index in [1.165, 1.54) is 42.5 Å². The Kier molecular flexibility index (Phi) is 7.24. The first-order valence-electron chi connectivity index (χ1n) is 8.51. The van der Waals surface area contributed by atoms with Crippen LogP contribution in [0.15, 0.2) is 61.6 Å². The molecular formula is C17H15ClN4O5S5. The Hall–Kier alpha value is -2.07. The second-order valence-electron chi connectivity index (χ2n) is 5.99. The number of hydrogen-bond donors (Lipinski definition) is 2. The number of carbonyl (C=O) groups excluding carboxylic acids is 1. The number of carbonyl (C=O) groups is 1. The Morgan fingerprint density at radius 3 is 2.09 bits per heavy atom. The Bertz CT molecular complexity index is 1380. The van der Waals surface area contributed by atoms with Gasteiger partial charge in [-0.2, -0.15) is 20.5 Å². The highest BCUT2D eigenvalue weighted by Gasteiger charge is 2.38. The van der Waals surface area contributed by atoms with Gasteiger partial charge >= 0.3 is 0 Å². The molecule has 4 rings (SSSR count). The van der Waals surface area contributed by atoms with Crippen molar-refractivity contribution in [3.63, 3.8) is 0 Å². The van der Waals surface area contributed by atoms with E-state index in [0.717, 1.165) is 34.0 Å². The highest BCUT2D eigenvalue weighted by molar-refractivity contribution is 8.11. The maximum absolute atomic E-state index is 13.3. The molecule has 15 heteroatoms. The molecule has 0 unspecified atom stereocenters. The molecule has 0 atom stereocenters. The van der Waals surface area contributed by atoms with Crippen LogP contribution in [0.3, 0.4) is 0 Å². The number of hydrogen-bond acceptors (Lipinski definition) is 10. The van der Waals surface area contributed by atoms with Crippen LogP contribution >= 0.6 is 46.4 Å². The molecule has 0 aliphatic carbocycles. The standard InChI is InChI=1S/C17H14N4O5S5.ClH/c18-10-14(22)20-17-19-12-6-5-11(9-13(12)29-17)21(30(23,24)15-3-1-7-27-15)31(25,26)16-4-2-8-28-16;/h1-9H,10,18H2,(H,19,20,22);1H. The Balaban J connectivity index is 0.00000289. The molecule has 0 aliphatic heterocycles. The summed E-state index contributed by atoms with van der Waals surface area (Å²) in [6.07, 6.45) is 0. The fourth-order valence-electron chi connectivity index (χ4n) is 2.64. The van der Waals surface area contributed by atoms with Crippen molar-refractivity contribution >= 4 is 93.4 Å². The van der Waals surface area contributed by atoms with Crippen LogP contribution in [0.1, 0.15) is 0 Å². The minimum absolute atomic E-state index is 0. The highest BCUT2D eigenvalue weighted by atomic mass is 35.5. The summed E-state index contributed by atoms with van der Waals surface area (Å²) in [6.45, 7) is -0.215. The molecule has 4 aromatic rings. The average Bonchev–Trinajstić information content (AvgIpc) is 3.47. The summed E-state index contributed by atoms with van der Waals surface area (Å²) in [6, 6.07) is 10.1. The molecule has 1 aromatic carbocycles. The van der Waals surface area contributed by atoms with Crippen LogP contribution in [0.5, 0.6) is 0 Å². The van der Waals surface area contributed by atoms with Crippen molar-refractivity contribution in [2.24, 2.45) is 5.73 Å². The van der Waals surface area contributed by atoms with Gasteiger partial charge in [-0.1, -0.05) is 23.5 Å². The normalized spacial score (nSPS) is 11.8. The molecule has 0 spiro atoms. The smallest absolute Gasteiger partial charge is 0.287 e. The largest absolute Gasteiger partial charge is 0.322 e. The first-order chi connectivity index (χ1) is 14.7. The van der Waals surface area contributed by atoms with Crippen molar-refractivity contribution < 1.29 is 21.6 Å². The lowest BCUT2D eigenvalue weighted by Crippen LogP contribution is -2.36. The van der Waals surface area contributed by atoms with Crippen LogP contribution in [0.2, 0.25) is 0 Å². The van der Waals surface area contributed by atoms with Crippen LogP contribution in [0.4, 0.5) is 10.8 Å². The van der Waals surface area contributed by atoms with E-state index in [1.54, 1.807) is 10.8 Å². The third-order valence-electron chi connectivity index (χ3n) is 3.95. The molecule has 0 saturated heterocycles. The molecule has 0 fully saturated rings. The highest BCUT2D eigenvalue weighted by Crippen LogP contribution is 2.37. The molecule has 0 saturated carbocycles. The predicted molar refractivity (Wildman–Crippen MR) is 130 cm³/mol. The van der Waals surface area contributed by atoms with Gasteiger partial charge in [0.25, 0.3) is 20.0 Å². The number of halogens is 1. The molecule has 1 amide bonds. The van der Waals surface area contributed by atoms with Crippen molar-refractivity contribution in [2.75, 3.05) is 15.6 Å². The van der Waals surface area contributed by atoms with Gasteiger partial charge in [-0.25, -0.2) is 4.98 Å². The van der Waals surface area contributed by atoms with Crippen LogP contribution in [0.25, 0.3) is 10.2 Å². The van der Waals surface area contributed by atoms with Crippen molar-refractivity contribution in [1.82, 2.24) is 4.98 Å². The van der Waals surface area contributed by atoms with E-state index < -0.39 is 26.0 Å². The third kappa shape index (κ3) is 4.52. The molecule has 9 nitrogen and oxygen atoms in total. The molecule has 3 aromatic heterocycles. The molecule has 32 heavy (non-hydrogen) atoms. The van der Waals surface area contributed by atoms with Gasteiger partial charge in [0, 0.05) is 0 Å². The lowest BCUT2D eigenvalue weighted by Gasteiger charge is -2.22. The minimum Gasteiger partial charge on any atom is -0.322 e. The predicted octanol–water partition coefficient (Wildman–Crippen LogP) is 3.32. The number of nitrogens with two attached hydrogens (primary N) is 1. The van der Waals surface area contributed by atoms with Crippen LogP contribution in [-0.4, -0.2) is 34.3 Å². The van der Waals surface area contributed by atoms with Gasteiger partial charge in [0.2, 0.25) is 5.91 Å². The van der Waals surface area contributed by atoms with Crippen molar-refractivity contribution in [1.29, 1.82) is 0 Å². The topological polar surface area (TPSA) is 140 Å². The lowest BCUT2D eigenvalue weighted by molar-refractivity contribution is -0.114. The summed E-state index contributed by atoms with van der Waals surface area (Å²) in [4.78, 5) is 15.8. The summed E-state index contributed by atoms with van der Waals surface area (Å²) in [5.41, 5.74) is 5.71. The summed E-state index contributed by atoms with van der Waals surface area (Å²) >= 11 is 2.93. The zero-order valence-corrected chi connectivity index (χ0v) is 20.8. The number of nitrogens with zero attached hydrogens (tertiary/aromatic N) is 2. The number of anilines is 2. The van der Waals surface area contributed by atoms with Gasteiger partial charge in [0.15, 0.2) is 5.13 Å². The van der Waals surface area contributed by atoms with E-state index in [4.69, 9.17) is 5.73 Å². The van der Waals surface area contributed by atoms with E-state index in [-0.39, 0.29) is 38.2 Å². The SMILES string of the molecule is Cl.NCC(=O)Nc1nc2ccc(N(S(=O)(=O)c3cccs3)S(=O)(=O)c3cccs3)cc2s1. The van der Waals surface area contributed by atoms with E-state index in [0.29, 0.717) is 13.9 Å². The van der Waals surface area contributed by atoms with Gasteiger partial charge in [-0.05, 0) is 41.1 Å². The number of thiophene rings is 2. The number of rotatable bonds is 7. The summed E-state index contributed by atoms with van der Waals surface area (Å²) in [5, 5.41) is 5.92. The van der Waals surface area contributed by atoms with Crippen LogP contribution in [-0.2, 0) is 24.8 Å². The second-order valence-corrected chi connectivity index (χ2v) is 13.2. The van der Waals surface area contributed by atoms with Gasteiger partial charge in [0.05, 0.1) is 22.4 Å². The number of amides is 1. The van der Waals surface area contributed by atoms with E-state index in [9.17, 15) is 21.6 Å². The Morgan fingerprint density at radius 2 is 1.59 bits per heavy atom. The van der Waals surface area contributed by atoms with Gasteiger partial charge in [-0.3, -0.25) is 4.79 Å². The van der Waals surface area contributed by atoms with Crippen molar-refractivity contribution in [2.45, 2.75) is 8.42 Å². The van der Waals surface area contributed by atoms with Gasteiger partial charge < -0.3 is 11.1 Å². The van der Waals surface area contributed by atoms with E-state index in [2.05, 4.69) is 10.3 Å². The first kappa shape index (κ1) is 24.6. The first-order valence-corrected chi connectivity index (χ1v) is 14.0. The maximum atomic E-state index is 13.3. The Morgan fingerprint density at radius 1 is 1.00 bits per heavy atom. The van der Waals surface area contributed by atoms with E-state index >= 15 is 0 Å². The quantitative estimate of drug-likeness (QED) is 0.359. The fraction of sp³-hybridized carbons (Fsp3) is 0.0588. The zero-order valence-electron chi connectivity index (χ0n) is 15.9. The lowest BCUT2D eigenvalue weighted by atomic mass is 10.3. The number of sulfonamides is 2. The number of benzene rings is 1. The monoisotopic (exact) mass is 550 g/mol. The van der Waals surface area contributed by atoms with Gasteiger partial charge in [0.1, 0.15) is 8.42 Å².